The minimum atomic E-state index is -1.23. The summed E-state index contributed by atoms with van der Waals surface area (Å²) < 4.78 is 6.11. The Bertz CT molecular complexity index is 1520. The maximum Gasteiger partial charge on any atom is 0.178 e. The molecule has 0 saturated carbocycles. The van der Waals surface area contributed by atoms with Crippen LogP contribution in [0.4, 0.5) is 0 Å². The molecule has 0 saturated heterocycles. The van der Waals surface area contributed by atoms with E-state index in [2.05, 4.69) is 0 Å². The molecule has 1 heterocycles. The van der Waals surface area contributed by atoms with E-state index in [0.29, 0.717) is 12.0 Å². The molecule has 0 aliphatic carbocycles. The molecule has 0 fully saturated rings. The molecular formula is C30H24O8. The first-order valence-corrected chi connectivity index (χ1v) is 11.9. The van der Waals surface area contributed by atoms with Gasteiger partial charge in [-0.3, -0.25) is 9.59 Å². The van der Waals surface area contributed by atoms with E-state index in [0.717, 1.165) is 5.56 Å². The Kier molecular flexibility index (Phi) is 6.38. The molecule has 0 unspecified atom stereocenters. The fourth-order valence-electron chi connectivity index (χ4n) is 4.71. The Morgan fingerprint density at radius 1 is 0.763 bits per heavy atom. The second-order valence-corrected chi connectivity index (χ2v) is 9.14. The zero-order chi connectivity index (χ0) is 27.0. The predicted molar refractivity (Wildman–Crippen MR) is 137 cm³/mol. The summed E-state index contributed by atoms with van der Waals surface area (Å²) in [4.78, 5) is 26.9. The van der Waals surface area contributed by atoms with Crippen LogP contribution < -0.4 is 4.74 Å². The smallest absolute Gasteiger partial charge is 0.178 e. The Balaban J connectivity index is 1.56. The largest absolute Gasteiger partial charge is 0.508 e. The first-order valence-electron chi connectivity index (χ1n) is 11.9. The van der Waals surface area contributed by atoms with Crippen LogP contribution in [0.25, 0.3) is 0 Å². The maximum atomic E-state index is 13.8. The number of hydrogen-bond acceptors (Lipinski definition) is 8. The van der Waals surface area contributed by atoms with Crippen molar-refractivity contribution in [3.8, 4) is 34.5 Å². The van der Waals surface area contributed by atoms with E-state index in [9.17, 15) is 35.1 Å². The molecule has 8 heteroatoms. The monoisotopic (exact) mass is 512 g/mol. The van der Waals surface area contributed by atoms with Gasteiger partial charge in [-0.2, -0.15) is 0 Å². The third kappa shape index (κ3) is 4.59. The van der Waals surface area contributed by atoms with Gasteiger partial charge in [0, 0.05) is 12.5 Å². The quantitative estimate of drug-likeness (QED) is 0.224. The molecule has 38 heavy (non-hydrogen) atoms. The van der Waals surface area contributed by atoms with Crippen molar-refractivity contribution < 1.29 is 39.9 Å². The number of Topliss-reactive ketones (excluding diaryl/α,β-unsaturated/α-hetero) is 2. The summed E-state index contributed by atoms with van der Waals surface area (Å²) in [5.41, 5.74) is 1.23. The third-order valence-electron chi connectivity index (χ3n) is 6.67. The molecule has 1 aliphatic heterocycles. The average molecular weight is 513 g/mol. The summed E-state index contributed by atoms with van der Waals surface area (Å²) in [6, 6.07) is 19.0. The molecular weight excluding hydrogens is 488 g/mol. The fraction of sp³-hybridized carbons (Fsp3) is 0.133. The van der Waals surface area contributed by atoms with Gasteiger partial charge in [-0.1, -0.05) is 24.3 Å². The third-order valence-corrected chi connectivity index (χ3v) is 6.67. The molecule has 1 aliphatic rings. The number of hydrogen-bond donors (Lipinski definition) is 5. The molecule has 4 aromatic carbocycles. The van der Waals surface area contributed by atoms with Crippen molar-refractivity contribution >= 4 is 11.6 Å². The predicted octanol–water partition coefficient (Wildman–Crippen LogP) is 5.13. The average Bonchev–Trinajstić information content (AvgIpc) is 2.89. The van der Waals surface area contributed by atoms with Gasteiger partial charge in [-0.25, -0.2) is 0 Å². The van der Waals surface area contributed by atoms with Crippen LogP contribution in [0.2, 0.25) is 0 Å². The van der Waals surface area contributed by atoms with Crippen LogP contribution in [-0.4, -0.2) is 37.1 Å². The Morgan fingerprint density at radius 3 is 2.08 bits per heavy atom. The van der Waals surface area contributed by atoms with Crippen LogP contribution in [0.5, 0.6) is 34.5 Å². The highest BCUT2D eigenvalue weighted by Crippen LogP contribution is 2.50. The van der Waals surface area contributed by atoms with Crippen LogP contribution >= 0.6 is 0 Å². The molecule has 0 amide bonds. The van der Waals surface area contributed by atoms with Gasteiger partial charge in [-0.05, 0) is 66.1 Å². The first-order chi connectivity index (χ1) is 18.2. The molecule has 2 atom stereocenters. The summed E-state index contributed by atoms with van der Waals surface area (Å²) in [6.45, 7) is 0. The summed E-state index contributed by atoms with van der Waals surface area (Å²) in [5.74, 6) is -2.88. The summed E-state index contributed by atoms with van der Waals surface area (Å²) in [6.07, 6.45) is -0.648. The minimum absolute atomic E-state index is 0.00241. The molecule has 0 spiro atoms. The van der Waals surface area contributed by atoms with E-state index in [4.69, 9.17) is 4.74 Å². The van der Waals surface area contributed by atoms with Crippen molar-refractivity contribution in [3.63, 3.8) is 0 Å². The first kappa shape index (κ1) is 24.7. The molecule has 192 valence electrons. The van der Waals surface area contributed by atoms with Crippen LogP contribution in [0, 0.1) is 0 Å². The van der Waals surface area contributed by atoms with Crippen LogP contribution in [0.15, 0.2) is 78.9 Å². The zero-order valence-electron chi connectivity index (χ0n) is 20.0. The van der Waals surface area contributed by atoms with Crippen LogP contribution in [0.3, 0.4) is 0 Å². The minimum Gasteiger partial charge on any atom is -0.508 e. The number of phenolic OH excluding ortho intramolecular Hbond substituents is 5. The summed E-state index contributed by atoms with van der Waals surface area (Å²) in [7, 11) is 0. The highest BCUT2D eigenvalue weighted by molar-refractivity contribution is 6.07. The van der Waals surface area contributed by atoms with E-state index < -0.39 is 29.3 Å². The maximum absolute atomic E-state index is 13.8. The lowest BCUT2D eigenvalue weighted by molar-refractivity contribution is 0.0772. The second kappa shape index (κ2) is 9.82. The second-order valence-electron chi connectivity index (χ2n) is 9.14. The van der Waals surface area contributed by atoms with Crippen molar-refractivity contribution in [3.05, 3.63) is 107 Å². The van der Waals surface area contributed by atoms with Gasteiger partial charge >= 0.3 is 0 Å². The Hall–Kier alpha value is -4.98. The molecule has 0 aromatic heterocycles. The topological polar surface area (TPSA) is 145 Å². The molecule has 0 radical (unpaired) electrons. The van der Waals surface area contributed by atoms with E-state index in [1.807, 2.05) is 0 Å². The van der Waals surface area contributed by atoms with Gasteiger partial charge in [0.25, 0.3) is 0 Å². The van der Waals surface area contributed by atoms with Gasteiger partial charge in [0.1, 0.15) is 40.6 Å². The standard InChI is InChI=1S/C30H24O8/c31-18-6-1-16(2-7-18)3-13-23(34)21-12-14-24(35)26(28(21)36)27-29(37)22-11-10-20(33)15-25(22)38-30(27)17-4-8-19(32)9-5-17/h1-2,4-12,14-15,27,30-33,35-36H,3,13H2/t27-,30+/m1/s1. The number of phenols is 5. The Morgan fingerprint density at radius 2 is 1.39 bits per heavy atom. The number of fused-ring (bicyclic) bond motifs is 1. The van der Waals surface area contributed by atoms with Crippen molar-refractivity contribution in [1.82, 2.24) is 0 Å². The number of aromatic hydroxyl groups is 5. The number of ketones is 2. The van der Waals surface area contributed by atoms with Gasteiger partial charge in [0.15, 0.2) is 11.6 Å². The molecule has 0 bridgehead atoms. The van der Waals surface area contributed by atoms with Crippen molar-refractivity contribution in [2.45, 2.75) is 24.9 Å². The van der Waals surface area contributed by atoms with Crippen molar-refractivity contribution in [2.75, 3.05) is 0 Å². The van der Waals surface area contributed by atoms with Gasteiger partial charge in [-0.15, -0.1) is 0 Å². The number of carbonyl (C=O) groups is 2. The number of rotatable bonds is 6. The fourth-order valence-corrected chi connectivity index (χ4v) is 4.71. The number of carbonyl (C=O) groups excluding carboxylic acids is 2. The molecule has 5 rings (SSSR count). The highest BCUT2D eigenvalue weighted by Gasteiger charge is 2.43. The zero-order valence-corrected chi connectivity index (χ0v) is 20.0. The number of benzene rings is 4. The van der Waals surface area contributed by atoms with Crippen LogP contribution in [0.1, 0.15) is 55.8 Å². The van der Waals surface area contributed by atoms with Crippen molar-refractivity contribution in [2.24, 2.45) is 0 Å². The van der Waals surface area contributed by atoms with E-state index in [1.165, 1.54) is 54.6 Å². The molecule has 5 N–H and O–H groups in total. The highest BCUT2D eigenvalue weighted by atomic mass is 16.5. The number of ether oxygens (including phenoxy) is 1. The molecule has 8 nitrogen and oxygen atoms in total. The molecule has 4 aromatic rings. The van der Waals surface area contributed by atoms with Gasteiger partial charge in [0.2, 0.25) is 0 Å². The van der Waals surface area contributed by atoms with Crippen molar-refractivity contribution in [1.29, 1.82) is 0 Å². The summed E-state index contributed by atoms with van der Waals surface area (Å²) in [5, 5.41) is 51.2. The Labute approximate surface area is 217 Å². The summed E-state index contributed by atoms with van der Waals surface area (Å²) >= 11 is 0. The van der Waals surface area contributed by atoms with Gasteiger partial charge in [0.05, 0.1) is 22.6 Å². The van der Waals surface area contributed by atoms with E-state index >= 15 is 0 Å². The van der Waals surface area contributed by atoms with Gasteiger partial charge < -0.3 is 30.3 Å². The normalized spacial score (nSPS) is 16.5. The lowest BCUT2D eigenvalue weighted by Crippen LogP contribution is -2.30. The SMILES string of the molecule is O=C(CCc1ccc(O)cc1)c1ccc(O)c([C@@H]2C(=O)c3ccc(O)cc3O[C@H]2c2ccc(O)cc2)c1O. The lowest BCUT2D eigenvalue weighted by Gasteiger charge is -2.34. The van der Waals surface area contributed by atoms with E-state index in [1.54, 1.807) is 24.3 Å². The van der Waals surface area contributed by atoms with Crippen LogP contribution in [-0.2, 0) is 6.42 Å². The lowest BCUT2D eigenvalue weighted by atomic mass is 9.79. The van der Waals surface area contributed by atoms with E-state index in [-0.39, 0.29) is 51.9 Å². The number of aryl methyl sites for hydroxylation is 1.